The zero-order valence-corrected chi connectivity index (χ0v) is 10.2. The fourth-order valence-corrected chi connectivity index (χ4v) is 2.47. The average molecular weight is 240 g/mol. The van der Waals surface area contributed by atoms with Crippen molar-refractivity contribution >= 4 is 27.8 Å². The first kappa shape index (κ1) is 10.5. The van der Waals surface area contributed by atoms with Gasteiger partial charge in [-0.15, -0.1) is 21.5 Å². The fourth-order valence-electron chi connectivity index (χ4n) is 1.17. The second-order valence-corrected chi connectivity index (χ2v) is 5.39. The van der Waals surface area contributed by atoms with Crippen molar-refractivity contribution in [2.45, 2.75) is 19.8 Å². The van der Waals surface area contributed by atoms with E-state index in [1.165, 1.54) is 0 Å². The lowest BCUT2D eigenvalue weighted by atomic mass is 10.2. The van der Waals surface area contributed by atoms with Gasteiger partial charge >= 0.3 is 0 Å². The van der Waals surface area contributed by atoms with Gasteiger partial charge in [0.15, 0.2) is 0 Å². The SMILES string of the molecule is Cc1nnc(NCC(C)c2nccs2)s1. The van der Waals surface area contributed by atoms with Gasteiger partial charge in [0, 0.05) is 24.0 Å². The molecule has 6 heteroatoms. The predicted octanol–water partition coefficient (Wildman–Crippen LogP) is 2.52. The van der Waals surface area contributed by atoms with Gasteiger partial charge in [-0.1, -0.05) is 18.3 Å². The van der Waals surface area contributed by atoms with Crippen LogP contribution in [0.15, 0.2) is 11.6 Å². The molecule has 15 heavy (non-hydrogen) atoms. The van der Waals surface area contributed by atoms with E-state index in [-0.39, 0.29) is 0 Å². The molecule has 0 saturated heterocycles. The highest BCUT2D eigenvalue weighted by Crippen LogP contribution is 2.19. The van der Waals surface area contributed by atoms with Crippen LogP contribution in [0.3, 0.4) is 0 Å². The third-order valence-corrected chi connectivity index (χ3v) is 3.76. The van der Waals surface area contributed by atoms with Gasteiger partial charge in [0.2, 0.25) is 5.13 Å². The van der Waals surface area contributed by atoms with E-state index in [4.69, 9.17) is 0 Å². The van der Waals surface area contributed by atoms with E-state index in [0.29, 0.717) is 5.92 Å². The summed E-state index contributed by atoms with van der Waals surface area (Å²) >= 11 is 3.26. The summed E-state index contributed by atoms with van der Waals surface area (Å²) in [4.78, 5) is 4.28. The first-order chi connectivity index (χ1) is 7.25. The maximum absolute atomic E-state index is 4.28. The topological polar surface area (TPSA) is 50.7 Å². The molecule has 2 aromatic rings. The molecule has 0 aliphatic rings. The van der Waals surface area contributed by atoms with Crippen LogP contribution in [0.1, 0.15) is 22.9 Å². The summed E-state index contributed by atoms with van der Waals surface area (Å²) in [5.41, 5.74) is 0. The molecule has 1 atom stereocenters. The standard InChI is InChI=1S/C9H12N4S2/c1-6(8-10-3-4-14-8)5-11-9-13-12-7(2)15-9/h3-4,6H,5H2,1-2H3,(H,11,13). The number of rotatable bonds is 4. The number of hydrogen-bond donors (Lipinski definition) is 1. The van der Waals surface area contributed by atoms with Gasteiger partial charge < -0.3 is 5.32 Å². The molecule has 2 rings (SSSR count). The summed E-state index contributed by atoms with van der Waals surface area (Å²) in [5.74, 6) is 0.411. The third-order valence-electron chi connectivity index (χ3n) is 1.96. The molecule has 0 radical (unpaired) electrons. The van der Waals surface area contributed by atoms with Crippen molar-refractivity contribution in [3.63, 3.8) is 0 Å². The normalized spacial score (nSPS) is 12.7. The largest absolute Gasteiger partial charge is 0.359 e. The molecule has 0 aliphatic carbocycles. The van der Waals surface area contributed by atoms with Crippen LogP contribution in [0.25, 0.3) is 0 Å². The summed E-state index contributed by atoms with van der Waals surface area (Å²) in [7, 11) is 0. The van der Waals surface area contributed by atoms with Crippen molar-refractivity contribution in [3.05, 3.63) is 21.6 Å². The molecule has 4 nitrogen and oxygen atoms in total. The Bertz CT molecular complexity index is 409. The van der Waals surface area contributed by atoms with Crippen LogP contribution in [-0.2, 0) is 0 Å². The van der Waals surface area contributed by atoms with Gasteiger partial charge in [-0.25, -0.2) is 4.98 Å². The first-order valence-electron chi connectivity index (χ1n) is 4.69. The molecule has 0 amide bonds. The molecule has 0 spiro atoms. The molecular formula is C9H12N4S2. The number of hydrogen-bond acceptors (Lipinski definition) is 6. The second-order valence-electron chi connectivity index (χ2n) is 3.28. The van der Waals surface area contributed by atoms with E-state index < -0.39 is 0 Å². The Balaban J connectivity index is 1.88. The van der Waals surface area contributed by atoms with Crippen molar-refractivity contribution < 1.29 is 0 Å². The molecular weight excluding hydrogens is 228 g/mol. The Labute approximate surface area is 96.4 Å². The average Bonchev–Trinajstić information content (AvgIpc) is 2.84. The maximum Gasteiger partial charge on any atom is 0.205 e. The number of nitrogens with zero attached hydrogens (tertiary/aromatic N) is 3. The van der Waals surface area contributed by atoms with Crippen molar-refractivity contribution in [2.24, 2.45) is 0 Å². The second kappa shape index (κ2) is 4.67. The van der Waals surface area contributed by atoms with Crippen LogP contribution in [0.5, 0.6) is 0 Å². The van der Waals surface area contributed by atoms with E-state index in [1.807, 2.05) is 18.5 Å². The van der Waals surface area contributed by atoms with Gasteiger partial charge in [0.25, 0.3) is 0 Å². The Kier molecular flexibility index (Phi) is 3.27. The number of aromatic nitrogens is 3. The molecule has 0 bridgehead atoms. The quantitative estimate of drug-likeness (QED) is 0.892. The Hall–Kier alpha value is -1.01. The minimum Gasteiger partial charge on any atom is -0.359 e. The molecule has 2 heterocycles. The van der Waals surface area contributed by atoms with Crippen molar-refractivity contribution in [2.75, 3.05) is 11.9 Å². The van der Waals surface area contributed by atoms with Crippen LogP contribution in [0.4, 0.5) is 5.13 Å². The van der Waals surface area contributed by atoms with Gasteiger partial charge in [0.05, 0.1) is 5.01 Å². The highest BCUT2D eigenvalue weighted by atomic mass is 32.1. The van der Waals surface area contributed by atoms with Crippen LogP contribution >= 0.6 is 22.7 Å². The molecule has 0 fully saturated rings. The smallest absolute Gasteiger partial charge is 0.205 e. The lowest BCUT2D eigenvalue weighted by Crippen LogP contribution is -2.09. The molecule has 80 valence electrons. The Morgan fingerprint density at radius 1 is 1.47 bits per heavy atom. The third kappa shape index (κ3) is 2.73. The number of nitrogens with one attached hydrogen (secondary N) is 1. The maximum atomic E-state index is 4.28. The van der Waals surface area contributed by atoms with Crippen LogP contribution in [-0.4, -0.2) is 21.7 Å². The molecule has 0 saturated carbocycles. The Morgan fingerprint density at radius 2 is 2.33 bits per heavy atom. The molecule has 1 N–H and O–H groups in total. The summed E-state index contributed by atoms with van der Waals surface area (Å²) in [5, 5.41) is 16.3. The molecule has 2 aromatic heterocycles. The predicted molar refractivity (Wildman–Crippen MR) is 63.7 cm³/mol. The molecule has 0 aliphatic heterocycles. The number of aryl methyl sites for hydroxylation is 1. The van der Waals surface area contributed by atoms with E-state index in [9.17, 15) is 0 Å². The van der Waals surface area contributed by atoms with Crippen molar-refractivity contribution in [1.82, 2.24) is 15.2 Å². The summed E-state index contributed by atoms with van der Waals surface area (Å²) < 4.78 is 0. The Morgan fingerprint density at radius 3 is 2.93 bits per heavy atom. The van der Waals surface area contributed by atoms with Crippen molar-refractivity contribution in [3.8, 4) is 0 Å². The van der Waals surface area contributed by atoms with Crippen LogP contribution < -0.4 is 5.32 Å². The van der Waals surface area contributed by atoms with E-state index >= 15 is 0 Å². The minimum absolute atomic E-state index is 0.411. The first-order valence-corrected chi connectivity index (χ1v) is 6.38. The van der Waals surface area contributed by atoms with Gasteiger partial charge in [-0.3, -0.25) is 0 Å². The van der Waals surface area contributed by atoms with Crippen LogP contribution in [0.2, 0.25) is 0 Å². The van der Waals surface area contributed by atoms with Crippen molar-refractivity contribution in [1.29, 1.82) is 0 Å². The number of thiazole rings is 1. The van der Waals surface area contributed by atoms with Gasteiger partial charge in [0.1, 0.15) is 5.01 Å². The minimum atomic E-state index is 0.411. The fraction of sp³-hybridized carbons (Fsp3) is 0.444. The monoisotopic (exact) mass is 240 g/mol. The van der Waals surface area contributed by atoms with Gasteiger partial charge in [-0.2, -0.15) is 0 Å². The molecule has 1 unspecified atom stereocenters. The summed E-state index contributed by atoms with van der Waals surface area (Å²) in [6, 6.07) is 0. The van der Waals surface area contributed by atoms with Crippen LogP contribution in [0, 0.1) is 6.92 Å². The van der Waals surface area contributed by atoms with Gasteiger partial charge in [-0.05, 0) is 6.92 Å². The lowest BCUT2D eigenvalue weighted by molar-refractivity contribution is 0.792. The zero-order chi connectivity index (χ0) is 10.7. The highest BCUT2D eigenvalue weighted by molar-refractivity contribution is 7.15. The van der Waals surface area contributed by atoms with E-state index in [1.54, 1.807) is 22.7 Å². The summed E-state index contributed by atoms with van der Waals surface area (Å²) in [6.45, 7) is 4.95. The highest BCUT2D eigenvalue weighted by Gasteiger charge is 2.08. The van der Waals surface area contributed by atoms with E-state index in [0.717, 1.165) is 21.7 Å². The van der Waals surface area contributed by atoms with E-state index in [2.05, 4.69) is 27.4 Å². The number of anilines is 1. The lowest BCUT2D eigenvalue weighted by Gasteiger charge is -2.07. The molecule has 0 aromatic carbocycles. The zero-order valence-electron chi connectivity index (χ0n) is 8.60. The summed E-state index contributed by atoms with van der Waals surface area (Å²) in [6.07, 6.45) is 1.84.